The summed E-state index contributed by atoms with van der Waals surface area (Å²) in [5, 5.41) is 13.3. The second kappa shape index (κ2) is 5.22. The number of amides is 2. The zero-order chi connectivity index (χ0) is 12.1. The van der Waals surface area contributed by atoms with E-state index in [0.29, 0.717) is 5.75 Å². The lowest BCUT2D eigenvalue weighted by Crippen LogP contribution is -2.24. The summed E-state index contributed by atoms with van der Waals surface area (Å²) in [4.78, 5) is 10.3. The van der Waals surface area contributed by atoms with Crippen molar-refractivity contribution < 1.29 is 14.6 Å². The van der Waals surface area contributed by atoms with Gasteiger partial charge in [-0.25, -0.2) is 10.2 Å². The number of hydrogen-bond donors (Lipinski definition) is 3. The van der Waals surface area contributed by atoms with Crippen LogP contribution in [0.3, 0.4) is 0 Å². The number of hydrazone groups is 1. The molecule has 0 aliphatic rings. The third kappa shape index (κ3) is 3.03. The Bertz CT molecular complexity index is 411. The fourth-order valence-electron chi connectivity index (χ4n) is 0.985. The third-order valence-electron chi connectivity index (χ3n) is 1.69. The SMILES string of the molecule is COc1cc(O)c(C=NNC(N)=O)c(Cl)c1. The van der Waals surface area contributed by atoms with Crippen molar-refractivity contribution in [3.05, 3.63) is 22.7 Å². The standard InChI is InChI=1S/C9H10ClN3O3/c1-16-5-2-7(10)6(8(14)3-5)4-12-13-9(11)15/h2-4,14H,1H3,(H3,11,13,15). The molecule has 6 nitrogen and oxygen atoms in total. The number of carbonyl (C=O) groups is 1. The van der Waals surface area contributed by atoms with E-state index in [9.17, 15) is 9.90 Å². The predicted octanol–water partition coefficient (Wildman–Crippen LogP) is 1.06. The Morgan fingerprint density at radius 1 is 1.69 bits per heavy atom. The topological polar surface area (TPSA) is 96.9 Å². The number of halogens is 1. The van der Waals surface area contributed by atoms with Crippen LogP contribution in [0.2, 0.25) is 5.02 Å². The maximum atomic E-state index is 10.3. The van der Waals surface area contributed by atoms with Crippen LogP contribution in [0.5, 0.6) is 11.5 Å². The Hall–Kier alpha value is -1.95. The molecule has 86 valence electrons. The maximum absolute atomic E-state index is 10.3. The molecule has 1 rings (SSSR count). The fraction of sp³-hybridized carbons (Fsp3) is 0.111. The number of methoxy groups -OCH3 is 1. The van der Waals surface area contributed by atoms with Crippen LogP contribution in [0.25, 0.3) is 0 Å². The summed E-state index contributed by atoms with van der Waals surface area (Å²) in [5.41, 5.74) is 7.04. The molecular weight excluding hydrogens is 234 g/mol. The number of ether oxygens (including phenoxy) is 1. The zero-order valence-corrected chi connectivity index (χ0v) is 9.15. The third-order valence-corrected chi connectivity index (χ3v) is 2.00. The van der Waals surface area contributed by atoms with Crippen LogP contribution in [-0.4, -0.2) is 24.5 Å². The molecule has 1 aromatic rings. The van der Waals surface area contributed by atoms with Crippen LogP contribution in [0.1, 0.15) is 5.56 Å². The number of phenols is 1. The zero-order valence-electron chi connectivity index (χ0n) is 8.40. The number of primary amides is 1. The lowest BCUT2D eigenvalue weighted by Gasteiger charge is -2.05. The molecule has 7 heteroatoms. The molecule has 0 unspecified atom stereocenters. The van der Waals surface area contributed by atoms with E-state index < -0.39 is 6.03 Å². The first-order chi connectivity index (χ1) is 7.54. The summed E-state index contributed by atoms with van der Waals surface area (Å²) in [6.07, 6.45) is 1.18. The first kappa shape index (κ1) is 12.1. The highest BCUT2D eigenvalue weighted by molar-refractivity contribution is 6.33. The van der Waals surface area contributed by atoms with Crippen molar-refractivity contribution in [3.8, 4) is 11.5 Å². The Kier molecular flexibility index (Phi) is 3.96. The van der Waals surface area contributed by atoms with E-state index in [1.54, 1.807) is 0 Å². The first-order valence-electron chi connectivity index (χ1n) is 4.19. The normalized spacial score (nSPS) is 10.4. The second-order valence-corrected chi connectivity index (χ2v) is 3.18. The van der Waals surface area contributed by atoms with E-state index in [1.165, 1.54) is 25.5 Å². The minimum absolute atomic E-state index is 0.112. The number of benzene rings is 1. The number of nitrogens with zero attached hydrogens (tertiary/aromatic N) is 1. The van der Waals surface area contributed by atoms with Crippen LogP contribution in [0, 0.1) is 0 Å². The quantitative estimate of drug-likeness (QED) is 0.547. The Morgan fingerprint density at radius 2 is 2.38 bits per heavy atom. The molecule has 0 saturated heterocycles. The van der Waals surface area contributed by atoms with Gasteiger partial charge in [0.25, 0.3) is 0 Å². The molecule has 0 spiro atoms. The molecule has 0 heterocycles. The van der Waals surface area contributed by atoms with Gasteiger partial charge in [-0.2, -0.15) is 5.10 Å². The van der Waals surface area contributed by atoms with Gasteiger partial charge in [-0.05, 0) is 6.07 Å². The van der Waals surface area contributed by atoms with E-state index in [0.717, 1.165) is 0 Å². The lowest BCUT2D eigenvalue weighted by atomic mass is 10.2. The molecule has 4 N–H and O–H groups in total. The minimum atomic E-state index is -0.805. The summed E-state index contributed by atoms with van der Waals surface area (Å²) < 4.78 is 4.89. The van der Waals surface area contributed by atoms with Crippen molar-refractivity contribution in [3.63, 3.8) is 0 Å². The van der Waals surface area contributed by atoms with E-state index in [2.05, 4.69) is 5.10 Å². The molecule has 2 amide bonds. The average Bonchev–Trinajstić information content (AvgIpc) is 2.21. The van der Waals surface area contributed by atoms with E-state index >= 15 is 0 Å². The van der Waals surface area contributed by atoms with Gasteiger partial charge < -0.3 is 15.6 Å². The lowest BCUT2D eigenvalue weighted by molar-refractivity contribution is 0.249. The molecule has 0 atom stereocenters. The van der Waals surface area contributed by atoms with Crippen molar-refractivity contribution in [1.82, 2.24) is 5.43 Å². The highest BCUT2D eigenvalue weighted by Gasteiger charge is 2.07. The molecule has 0 fully saturated rings. The van der Waals surface area contributed by atoms with E-state index in [1.807, 2.05) is 5.43 Å². The average molecular weight is 244 g/mol. The Labute approximate surface area is 96.7 Å². The van der Waals surface area contributed by atoms with Crippen molar-refractivity contribution in [2.45, 2.75) is 0 Å². The van der Waals surface area contributed by atoms with Crippen molar-refractivity contribution in [1.29, 1.82) is 0 Å². The van der Waals surface area contributed by atoms with Crippen LogP contribution >= 0.6 is 11.6 Å². The molecule has 0 aliphatic heterocycles. The summed E-state index contributed by atoms with van der Waals surface area (Å²) >= 11 is 5.85. The first-order valence-corrected chi connectivity index (χ1v) is 4.57. The van der Waals surface area contributed by atoms with Gasteiger partial charge in [0.05, 0.1) is 23.9 Å². The molecule has 0 aromatic heterocycles. The van der Waals surface area contributed by atoms with Gasteiger partial charge >= 0.3 is 6.03 Å². The molecule has 16 heavy (non-hydrogen) atoms. The highest BCUT2D eigenvalue weighted by Crippen LogP contribution is 2.29. The van der Waals surface area contributed by atoms with Crippen LogP contribution in [0.4, 0.5) is 4.79 Å². The van der Waals surface area contributed by atoms with Gasteiger partial charge in [-0.1, -0.05) is 11.6 Å². The summed E-state index contributed by atoms with van der Waals surface area (Å²) in [6, 6.07) is 2.07. The molecule has 0 saturated carbocycles. The van der Waals surface area contributed by atoms with E-state index in [4.69, 9.17) is 22.1 Å². The molecule has 1 aromatic carbocycles. The second-order valence-electron chi connectivity index (χ2n) is 2.78. The number of nitrogens with two attached hydrogens (primary N) is 1. The van der Waals surface area contributed by atoms with Gasteiger partial charge in [-0.15, -0.1) is 0 Å². The summed E-state index contributed by atoms with van der Waals surface area (Å²) in [6.45, 7) is 0. The van der Waals surface area contributed by atoms with Crippen LogP contribution in [0.15, 0.2) is 17.2 Å². The number of carbonyl (C=O) groups excluding carboxylic acids is 1. The number of aromatic hydroxyl groups is 1. The van der Waals surface area contributed by atoms with Gasteiger partial charge in [-0.3, -0.25) is 0 Å². The number of urea groups is 1. The van der Waals surface area contributed by atoms with Gasteiger partial charge in [0.2, 0.25) is 0 Å². The summed E-state index contributed by atoms with van der Waals surface area (Å²) in [5.74, 6) is 0.307. The van der Waals surface area contributed by atoms with Crippen molar-refractivity contribution in [2.75, 3.05) is 7.11 Å². The van der Waals surface area contributed by atoms with Gasteiger partial charge in [0.1, 0.15) is 11.5 Å². The Morgan fingerprint density at radius 3 is 2.88 bits per heavy atom. The predicted molar refractivity (Wildman–Crippen MR) is 60.0 cm³/mol. The highest BCUT2D eigenvalue weighted by atomic mass is 35.5. The number of phenolic OH excluding ortho intramolecular Hbond substituents is 1. The fourth-order valence-corrected chi connectivity index (χ4v) is 1.24. The largest absolute Gasteiger partial charge is 0.507 e. The molecular formula is C9H10ClN3O3. The maximum Gasteiger partial charge on any atom is 0.332 e. The van der Waals surface area contributed by atoms with Crippen LogP contribution in [-0.2, 0) is 0 Å². The number of rotatable bonds is 3. The smallest absolute Gasteiger partial charge is 0.332 e. The van der Waals surface area contributed by atoms with Crippen LogP contribution < -0.4 is 15.9 Å². The monoisotopic (exact) mass is 243 g/mol. The molecule has 0 aliphatic carbocycles. The Balaban J connectivity index is 2.96. The molecule has 0 bridgehead atoms. The minimum Gasteiger partial charge on any atom is -0.507 e. The molecule has 0 radical (unpaired) electrons. The van der Waals surface area contributed by atoms with Gasteiger partial charge in [0.15, 0.2) is 0 Å². The number of hydrogen-bond acceptors (Lipinski definition) is 4. The van der Waals surface area contributed by atoms with Crippen molar-refractivity contribution >= 4 is 23.8 Å². The number of nitrogens with one attached hydrogen (secondary N) is 1. The van der Waals surface area contributed by atoms with Gasteiger partial charge in [0, 0.05) is 6.07 Å². The summed E-state index contributed by atoms with van der Waals surface area (Å²) in [7, 11) is 1.45. The van der Waals surface area contributed by atoms with Crippen molar-refractivity contribution in [2.24, 2.45) is 10.8 Å². The van der Waals surface area contributed by atoms with E-state index in [-0.39, 0.29) is 16.3 Å².